The van der Waals surface area contributed by atoms with Crippen molar-refractivity contribution >= 4 is 5.71 Å². The van der Waals surface area contributed by atoms with E-state index < -0.39 is 0 Å². The lowest BCUT2D eigenvalue weighted by atomic mass is 9.95. The Kier molecular flexibility index (Phi) is 4.21. The number of oxime groups is 1. The zero-order valence-electron chi connectivity index (χ0n) is 13.9. The number of benzene rings is 2. The molecule has 0 saturated carbocycles. The summed E-state index contributed by atoms with van der Waals surface area (Å²) in [5.74, 6) is 0.827. The number of imidazole rings is 1. The van der Waals surface area contributed by atoms with E-state index in [1.807, 2.05) is 72.3 Å². The fourth-order valence-electron chi connectivity index (χ4n) is 3.10. The highest BCUT2D eigenvalue weighted by Crippen LogP contribution is 2.34. The van der Waals surface area contributed by atoms with Gasteiger partial charge in [0.1, 0.15) is 30.2 Å². The number of hydrogen-bond acceptors (Lipinski definition) is 4. The summed E-state index contributed by atoms with van der Waals surface area (Å²) in [6, 6.07) is 17.8. The number of hydrogen-bond donors (Lipinski definition) is 0. The van der Waals surface area contributed by atoms with Crippen LogP contribution >= 0.6 is 0 Å². The van der Waals surface area contributed by atoms with Gasteiger partial charge in [0.15, 0.2) is 0 Å². The molecule has 0 aliphatic carbocycles. The maximum Gasteiger partial charge on any atom is 0.142 e. The van der Waals surface area contributed by atoms with Crippen LogP contribution in [0.3, 0.4) is 0 Å². The SMILES string of the molecule is C[C@@H]1Oc2ccccc2/C(=N/OCc2ccccc2)[C@H]1n1ccnc1. The third-order valence-corrected chi connectivity index (χ3v) is 4.28. The second-order valence-corrected chi connectivity index (χ2v) is 6.01. The fourth-order valence-corrected chi connectivity index (χ4v) is 3.10. The van der Waals surface area contributed by atoms with Gasteiger partial charge in [-0.25, -0.2) is 4.98 Å². The van der Waals surface area contributed by atoms with E-state index in [0.717, 1.165) is 22.6 Å². The minimum Gasteiger partial charge on any atom is -0.487 e. The molecule has 0 unspecified atom stereocenters. The first-order valence-electron chi connectivity index (χ1n) is 8.30. The van der Waals surface area contributed by atoms with E-state index in [9.17, 15) is 0 Å². The predicted octanol–water partition coefficient (Wildman–Crippen LogP) is 3.83. The van der Waals surface area contributed by atoms with Gasteiger partial charge in [-0.3, -0.25) is 0 Å². The highest BCUT2D eigenvalue weighted by Gasteiger charge is 2.34. The van der Waals surface area contributed by atoms with Crippen LogP contribution < -0.4 is 4.74 Å². The molecule has 0 bridgehead atoms. The molecule has 5 heteroatoms. The van der Waals surface area contributed by atoms with Crippen LogP contribution in [0.25, 0.3) is 0 Å². The molecule has 0 radical (unpaired) electrons. The van der Waals surface area contributed by atoms with Crippen molar-refractivity contribution < 1.29 is 9.57 Å². The van der Waals surface area contributed by atoms with Gasteiger partial charge in [-0.15, -0.1) is 0 Å². The first-order chi connectivity index (χ1) is 12.3. The summed E-state index contributed by atoms with van der Waals surface area (Å²) in [7, 11) is 0. The average molecular weight is 333 g/mol. The quantitative estimate of drug-likeness (QED) is 0.682. The van der Waals surface area contributed by atoms with Gasteiger partial charge in [0.25, 0.3) is 0 Å². The monoisotopic (exact) mass is 333 g/mol. The average Bonchev–Trinajstić information content (AvgIpc) is 3.16. The Morgan fingerprint density at radius 1 is 1.12 bits per heavy atom. The molecule has 0 saturated heterocycles. The van der Waals surface area contributed by atoms with E-state index in [2.05, 4.69) is 10.1 Å². The Balaban J connectivity index is 1.68. The molecule has 5 nitrogen and oxygen atoms in total. The number of rotatable bonds is 4. The highest BCUT2D eigenvalue weighted by molar-refractivity contribution is 6.06. The molecule has 2 heterocycles. The van der Waals surface area contributed by atoms with E-state index >= 15 is 0 Å². The molecule has 4 rings (SSSR count). The van der Waals surface area contributed by atoms with E-state index in [0.29, 0.717) is 6.61 Å². The van der Waals surface area contributed by atoms with Crippen molar-refractivity contribution in [2.75, 3.05) is 0 Å². The Morgan fingerprint density at radius 3 is 2.72 bits per heavy atom. The molecule has 25 heavy (non-hydrogen) atoms. The number of nitrogens with zero attached hydrogens (tertiary/aromatic N) is 3. The zero-order valence-corrected chi connectivity index (χ0v) is 13.9. The number of ether oxygens (including phenoxy) is 1. The van der Waals surface area contributed by atoms with Crippen LogP contribution in [0.5, 0.6) is 5.75 Å². The molecule has 126 valence electrons. The van der Waals surface area contributed by atoms with Crippen molar-refractivity contribution in [3.8, 4) is 5.75 Å². The summed E-state index contributed by atoms with van der Waals surface area (Å²) >= 11 is 0. The summed E-state index contributed by atoms with van der Waals surface area (Å²) in [5, 5.41) is 4.50. The van der Waals surface area contributed by atoms with Gasteiger partial charge in [-0.05, 0) is 24.6 Å². The van der Waals surface area contributed by atoms with Crippen LogP contribution in [0, 0.1) is 0 Å². The van der Waals surface area contributed by atoms with E-state index in [1.165, 1.54) is 0 Å². The van der Waals surface area contributed by atoms with Crippen LogP contribution in [0.15, 0.2) is 78.5 Å². The number of aromatic nitrogens is 2. The standard InChI is InChI=1S/C20H19N3O2/c1-15-20(23-12-11-21-14-23)19(17-9-5-6-10-18(17)25-15)22-24-13-16-7-3-2-4-8-16/h2-12,14-15,20H,13H2,1H3/b22-19-/t15-,20-/m0/s1. The minimum absolute atomic E-state index is 0.0804. The van der Waals surface area contributed by atoms with Crippen molar-refractivity contribution in [2.24, 2.45) is 5.16 Å². The van der Waals surface area contributed by atoms with Crippen LogP contribution in [0.4, 0.5) is 0 Å². The van der Waals surface area contributed by atoms with Crippen molar-refractivity contribution in [1.82, 2.24) is 9.55 Å². The smallest absolute Gasteiger partial charge is 0.142 e. The van der Waals surface area contributed by atoms with Crippen molar-refractivity contribution in [1.29, 1.82) is 0 Å². The predicted molar refractivity (Wildman–Crippen MR) is 95.6 cm³/mol. The lowest BCUT2D eigenvalue weighted by molar-refractivity contribution is 0.122. The van der Waals surface area contributed by atoms with Crippen LogP contribution in [0.2, 0.25) is 0 Å². The molecule has 0 amide bonds. The van der Waals surface area contributed by atoms with E-state index in [-0.39, 0.29) is 12.1 Å². The van der Waals surface area contributed by atoms with Gasteiger partial charge in [0.05, 0.1) is 6.33 Å². The Morgan fingerprint density at radius 2 is 1.92 bits per heavy atom. The molecule has 1 aromatic heterocycles. The molecule has 1 aliphatic heterocycles. The molecule has 0 fully saturated rings. The Hall–Kier alpha value is -3.08. The summed E-state index contributed by atoms with van der Waals surface area (Å²) in [5.41, 5.74) is 2.88. The fraction of sp³-hybridized carbons (Fsp3) is 0.200. The van der Waals surface area contributed by atoms with Gasteiger partial charge in [0, 0.05) is 18.0 Å². The molecule has 3 aromatic rings. The van der Waals surface area contributed by atoms with Gasteiger partial charge in [-0.1, -0.05) is 47.6 Å². The van der Waals surface area contributed by atoms with Gasteiger partial charge >= 0.3 is 0 Å². The second-order valence-electron chi connectivity index (χ2n) is 6.01. The summed E-state index contributed by atoms with van der Waals surface area (Å²) < 4.78 is 8.08. The maximum atomic E-state index is 6.08. The first kappa shape index (κ1) is 15.4. The largest absolute Gasteiger partial charge is 0.487 e. The summed E-state index contributed by atoms with van der Waals surface area (Å²) in [4.78, 5) is 9.85. The minimum atomic E-state index is -0.0897. The van der Waals surface area contributed by atoms with Crippen molar-refractivity contribution in [3.05, 3.63) is 84.4 Å². The third kappa shape index (κ3) is 3.13. The molecule has 2 atom stereocenters. The van der Waals surface area contributed by atoms with Crippen LogP contribution in [0.1, 0.15) is 24.1 Å². The Labute approximate surface area is 146 Å². The molecular formula is C20H19N3O2. The second kappa shape index (κ2) is 6.81. The maximum absolute atomic E-state index is 6.08. The highest BCUT2D eigenvalue weighted by atomic mass is 16.6. The zero-order chi connectivity index (χ0) is 17.1. The van der Waals surface area contributed by atoms with Crippen molar-refractivity contribution in [2.45, 2.75) is 25.7 Å². The van der Waals surface area contributed by atoms with Gasteiger partial charge in [-0.2, -0.15) is 0 Å². The topological polar surface area (TPSA) is 48.6 Å². The normalized spacial score (nSPS) is 20.8. The van der Waals surface area contributed by atoms with Crippen molar-refractivity contribution in [3.63, 3.8) is 0 Å². The van der Waals surface area contributed by atoms with Gasteiger partial charge < -0.3 is 14.1 Å². The summed E-state index contributed by atoms with van der Waals surface area (Å²) in [6.45, 7) is 2.46. The van der Waals surface area contributed by atoms with Gasteiger partial charge in [0.2, 0.25) is 0 Å². The third-order valence-electron chi connectivity index (χ3n) is 4.28. The first-order valence-corrected chi connectivity index (χ1v) is 8.30. The number of para-hydroxylation sites is 1. The number of fused-ring (bicyclic) bond motifs is 1. The lowest BCUT2D eigenvalue weighted by Gasteiger charge is -2.32. The molecular weight excluding hydrogens is 314 g/mol. The van der Waals surface area contributed by atoms with E-state index in [1.54, 1.807) is 12.5 Å². The lowest BCUT2D eigenvalue weighted by Crippen LogP contribution is -2.37. The van der Waals surface area contributed by atoms with Crippen LogP contribution in [-0.2, 0) is 11.4 Å². The molecule has 0 N–H and O–H groups in total. The molecule has 1 aliphatic rings. The van der Waals surface area contributed by atoms with Crippen LogP contribution in [-0.4, -0.2) is 21.4 Å². The summed E-state index contributed by atoms with van der Waals surface area (Å²) in [6.07, 6.45) is 5.38. The van der Waals surface area contributed by atoms with E-state index in [4.69, 9.17) is 9.57 Å². The Bertz CT molecular complexity index is 860. The molecule has 0 spiro atoms. The molecule has 2 aromatic carbocycles.